The molecule has 2 aromatic rings. The molecule has 19 heavy (non-hydrogen) atoms. The number of carbonyl (C=O) groups is 1. The Morgan fingerprint density at radius 3 is 2.74 bits per heavy atom. The number of pyridine rings is 1. The Morgan fingerprint density at radius 1 is 1.26 bits per heavy atom. The van der Waals surface area contributed by atoms with Crippen LogP contribution in [0.1, 0.15) is 16.2 Å². The van der Waals surface area contributed by atoms with Crippen molar-refractivity contribution in [1.29, 1.82) is 0 Å². The molecule has 0 saturated carbocycles. The van der Waals surface area contributed by atoms with E-state index in [0.29, 0.717) is 12.2 Å². The number of nitrogens with one attached hydrogen (secondary N) is 1. The van der Waals surface area contributed by atoms with Crippen molar-refractivity contribution < 1.29 is 9.90 Å². The zero-order valence-electron chi connectivity index (χ0n) is 9.73. The minimum Gasteiger partial charge on any atom is -0.477 e. The monoisotopic (exact) mass is 384 g/mol. The standard InChI is InChI=1S/C13H10Br2N2O2/c14-8-4-5-11(10(15)6-8)16-7-9-2-1-3-12(17-9)13(18)19/h1-6,16H,7H2,(H,18,19). The highest BCUT2D eigenvalue weighted by atomic mass is 79.9. The second-order valence-electron chi connectivity index (χ2n) is 3.80. The maximum absolute atomic E-state index is 10.8. The van der Waals surface area contributed by atoms with Crippen molar-refractivity contribution in [2.45, 2.75) is 6.54 Å². The molecule has 0 fully saturated rings. The van der Waals surface area contributed by atoms with Gasteiger partial charge in [0.15, 0.2) is 0 Å². The summed E-state index contributed by atoms with van der Waals surface area (Å²) in [4.78, 5) is 14.9. The number of rotatable bonds is 4. The van der Waals surface area contributed by atoms with Gasteiger partial charge in [0.2, 0.25) is 0 Å². The largest absolute Gasteiger partial charge is 0.477 e. The number of hydrogen-bond donors (Lipinski definition) is 2. The Labute approximate surface area is 127 Å². The third-order valence-corrected chi connectivity index (χ3v) is 3.57. The van der Waals surface area contributed by atoms with Gasteiger partial charge in [-0.2, -0.15) is 0 Å². The number of aromatic nitrogens is 1. The van der Waals surface area contributed by atoms with Crippen LogP contribution in [0.15, 0.2) is 45.3 Å². The summed E-state index contributed by atoms with van der Waals surface area (Å²) in [5, 5.41) is 12.1. The first-order valence-corrected chi connectivity index (χ1v) is 7.03. The van der Waals surface area contributed by atoms with Crippen LogP contribution >= 0.6 is 31.9 Å². The number of aromatic carboxylic acids is 1. The Bertz CT molecular complexity index is 617. The predicted molar refractivity (Wildman–Crippen MR) is 80.4 cm³/mol. The molecule has 0 unspecified atom stereocenters. The van der Waals surface area contributed by atoms with Gasteiger partial charge in [0.05, 0.1) is 12.2 Å². The lowest BCUT2D eigenvalue weighted by Gasteiger charge is -2.08. The van der Waals surface area contributed by atoms with Crippen molar-refractivity contribution in [3.8, 4) is 0 Å². The van der Waals surface area contributed by atoms with E-state index in [1.165, 1.54) is 6.07 Å². The summed E-state index contributed by atoms with van der Waals surface area (Å²) in [6, 6.07) is 10.7. The number of anilines is 1. The molecule has 4 nitrogen and oxygen atoms in total. The van der Waals surface area contributed by atoms with E-state index in [2.05, 4.69) is 42.2 Å². The van der Waals surface area contributed by atoms with Crippen LogP contribution in [0.2, 0.25) is 0 Å². The third kappa shape index (κ3) is 3.78. The molecule has 0 atom stereocenters. The number of nitrogens with zero attached hydrogens (tertiary/aromatic N) is 1. The number of carboxylic acid groups (broad SMARTS) is 1. The van der Waals surface area contributed by atoms with Crippen LogP contribution in [-0.2, 0) is 6.54 Å². The van der Waals surface area contributed by atoms with Gasteiger partial charge in [-0.3, -0.25) is 0 Å². The fourth-order valence-corrected chi connectivity index (χ4v) is 2.70. The minimum absolute atomic E-state index is 0.0502. The van der Waals surface area contributed by atoms with Gasteiger partial charge in [0.25, 0.3) is 0 Å². The molecule has 0 bridgehead atoms. The minimum atomic E-state index is -1.02. The van der Waals surface area contributed by atoms with Gasteiger partial charge in [-0.25, -0.2) is 9.78 Å². The molecule has 0 saturated heterocycles. The highest BCUT2D eigenvalue weighted by molar-refractivity contribution is 9.11. The molecule has 0 aliphatic rings. The smallest absolute Gasteiger partial charge is 0.354 e. The van der Waals surface area contributed by atoms with E-state index in [0.717, 1.165) is 14.6 Å². The molecule has 6 heteroatoms. The van der Waals surface area contributed by atoms with Crippen LogP contribution in [0.25, 0.3) is 0 Å². The molecule has 2 rings (SSSR count). The molecule has 0 aliphatic heterocycles. The van der Waals surface area contributed by atoms with Gasteiger partial charge >= 0.3 is 5.97 Å². The fraction of sp³-hybridized carbons (Fsp3) is 0.0769. The molecule has 0 spiro atoms. The number of halogens is 2. The maximum Gasteiger partial charge on any atom is 0.354 e. The highest BCUT2D eigenvalue weighted by Gasteiger charge is 2.05. The lowest BCUT2D eigenvalue weighted by molar-refractivity contribution is 0.0690. The molecule has 0 amide bonds. The van der Waals surface area contributed by atoms with Gasteiger partial charge in [-0.05, 0) is 46.3 Å². The topological polar surface area (TPSA) is 62.2 Å². The van der Waals surface area contributed by atoms with E-state index in [-0.39, 0.29) is 5.69 Å². The molecule has 0 aliphatic carbocycles. The van der Waals surface area contributed by atoms with Crippen molar-refractivity contribution in [2.24, 2.45) is 0 Å². The fourth-order valence-electron chi connectivity index (χ4n) is 1.52. The first-order chi connectivity index (χ1) is 9.06. The molecule has 1 aromatic heterocycles. The average Bonchev–Trinajstić information content (AvgIpc) is 2.38. The van der Waals surface area contributed by atoms with E-state index in [4.69, 9.17) is 5.11 Å². The van der Waals surface area contributed by atoms with Crippen LogP contribution < -0.4 is 5.32 Å². The molecule has 2 N–H and O–H groups in total. The van der Waals surface area contributed by atoms with Crippen LogP contribution in [0, 0.1) is 0 Å². The van der Waals surface area contributed by atoms with E-state index >= 15 is 0 Å². The van der Waals surface area contributed by atoms with Crippen molar-refractivity contribution in [2.75, 3.05) is 5.32 Å². The molecule has 0 radical (unpaired) electrons. The lowest BCUT2D eigenvalue weighted by Crippen LogP contribution is -2.06. The molecule has 98 valence electrons. The summed E-state index contributed by atoms with van der Waals surface area (Å²) in [5.74, 6) is -1.02. The summed E-state index contributed by atoms with van der Waals surface area (Å²) < 4.78 is 1.91. The van der Waals surface area contributed by atoms with Crippen LogP contribution in [0.3, 0.4) is 0 Å². The summed E-state index contributed by atoms with van der Waals surface area (Å²) in [5.41, 5.74) is 1.65. The summed E-state index contributed by atoms with van der Waals surface area (Å²) in [6.45, 7) is 0.460. The molecule has 1 aromatic carbocycles. The Balaban J connectivity index is 2.10. The quantitative estimate of drug-likeness (QED) is 0.837. The van der Waals surface area contributed by atoms with Gasteiger partial charge in [0.1, 0.15) is 5.69 Å². The van der Waals surface area contributed by atoms with Gasteiger partial charge < -0.3 is 10.4 Å². The Morgan fingerprint density at radius 2 is 2.05 bits per heavy atom. The first kappa shape index (κ1) is 14.0. The van der Waals surface area contributed by atoms with E-state index in [9.17, 15) is 4.79 Å². The van der Waals surface area contributed by atoms with Crippen molar-refractivity contribution in [3.05, 3.63) is 56.7 Å². The summed E-state index contributed by atoms with van der Waals surface area (Å²) in [7, 11) is 0. The second kappa shape index (κ2) is 6.16. The Hall–Kier alpha value is -1.40. The zero-order chi connectivity index (χ0) is 13.8. The van der Waals surface area contributed by atoms with Crippen LogP contribution in [0.5, 0.6) is 0 Å². The van der Waals surface area contributed by atoms with Gasteiger partial charge in [-0.1, -0.05) is 22.0 Å². The summed E-state index contributed by atoms with van der Waals surface area (Å²) in [6.07, 6.45) is 0. The third-order valence-electron chi connectivity index (χ3n) is 2.42. The predicted octanol–water partition coefficient (Wildman–Crippen LogP) is 3.92. The maximum atomic E-state index is 10.8. The molecular formula is C13H10Br2N2O2. The van der Waals surface area contributed by atoms with Crippen LogP contribution in [0.4, 0.5) is 5.69 Å². The first-order valence-electron chi connectivity index (χ1n) is 5.44. The van der Waals surface area contributed by atoms with Crippen molar-refractivity contribution in [3.63, 3.8) is 0 Å². The molecule has 1 heterocycles. The summed E-state index contributed by atoms with van der Waals surface area (Å²) >= 11 is 6.83. The zero-order valence-corrected chi connectivity index (χ0v) is 12.9. The molecular weight excluding hydrogens is 376 g/mol. The number of carboxylic acids is 1. The lowest BCUT2D eigenvalue weighted by atomic mass is 10.2. The highest BCUT2D eigenvalue weighted by Crippen LogP contribution is 2.26. The van der Waals surface area contributed by atoms with E-state index in [1.807, 2.05) is 18.2 Å². The second-order valence-corrected chi connectivity index (χ2v) is 5.57. The van der Waals surface area contributed by atoms with Crippen molar-refractivity contribution >= 4 is 43.5 Å². The average molecular weight is 386 g/mol. The van der Waals surface area contributed by atoms with E-state index in [1.54, 1.807) is 12.1 Å². The normalized spacial score (nSPS) is 10.2. The number of hydrogen-bond acceptors (Lipinski definition) is 3. The number of benzene rings is 1. The SMILES string of the molecule is O=C(O)c1cccc(CNc2ccc(Br)cc2Br)n1. The van der Waals surface area contributed by atoms with Gasteiger partial charge in [0, 0.05) is 14.6 Å². The Kier molecular flexibility index (Phi) is 4.55. The van der Waals surface area contributed by atoms with Crippen molar-refractivity contribution in [1.82, 2.24) is 4.98 Å². The van der Waals surface area contributed by atoms with Gasteiger partial charge in [-0.15, -0.1) is 0 Å². The van der Waals surface area contributed by atoms with E-state index < -0.39 is 5.97 Å². The van der Waals surface area contributed by atoms with Crippen LogP contribution in [-0.4, -0.2) is 16.1 Å².